The molecule has 5 heteroatoms. The molecule has 0 spiro atoms. The van der Waals surface area contributed by atoms with Crippen LogP contribution < -0.4 is 10.3 Å². The molecule has 2 fully saturated rings. The first-order valence-electron chi connectivity index (χ1n) is 7.35. The highest BCUT2D eigenvalue weighted by atomic mass is 19.1. The maximum Gasteiger partial charge on any atom is 0.149 e. The molecule has 0 bridgehead atoms. The Labute approximate surface area is 119 Å². The number of methoxy groups -OCH3 is 1. The first-order valence-corrected chi connectivity index (χ1v) is 7.35. The molecule has 2 heterocycles. The van der Waals surface area contributed by atoms with Crippen LogP contribution in [0, 0.1) is 5.82 Å². The summed E-state index contributed by atoms with van der Waals surface area (Å²) in [5.41, 5.74) is 4.67. The molecule has 0 radical (unpaired) electrons. The molecule has 20 heavy (non-hydrogen) atoms. The molecule has 1 aromatic rings. The van der Waals surface area contributed by atoms with Crippen molar-refractivity contribution in [3.05, 3.63) is 24.0 Å². The van der Waals surface area contributed by atoms with Gasteiger partial charge in [-0.15, -0.1) is 0 Å². The molecule has 0 aromatic heterocycles. The molecule has 3 rings (SSSR count). The Hall–Kier alpha value is -1.33. The summed E-state index contributed by atoms with van der Waals surface area (Å²) < 4.78 is 19.5. The molecule has 110 valence electrons. The second kappa shape index (κ2) is 5.97. The summed E-state index contributed by atoms with van der Waals surface area (Å²) in [7, 11) is 1.73. The van der Waals surface area contributed by atoms with Crippen molar-refractivity contribution in [2.75, 3.05) is 43.6 Å². The van der Waals surface area contributed by atoms with Crippen LogP contribution >= 0.6 is 0 Å². The number of hydrazine groups is 1. The molecule has 0 aliphatic carbocycles. The topological polar surface area (TPSA) is 27.7 Å². The quantitative estimate of drug-likeness (QED) is 0.916. The molecule has 1 aromatic carbocycles. The van der Waals surface area contributed by atoms with Crippen LogP contribution in [0.3, 0.4) is 0 Å². The molecular formula is C15H22FN3O. The lowest BCUT2D eigenvalue weighted by Crippen LogP contribution is -2.27. The van der Waals surface area contributed by atoms with E-state index >= 15 is 0 Å². The first-order chi connectivity index (χ1) is 9.76. The molecule has 0 amide bonds. The zero-order chi connectivity index (χ0) is 13.9. The third-order valence-corrected chi connectivity index (χ3v) is 4.18. The van der Waals surface area contributed by atoms with Gasteiger partial charge in [0.05, 0.1) is 11.8 Å². The van der Waals surface area contributed by atoms with Crippen LogP contribution in [0.15, 0.2) is 18.2 Å². The highest BCUT2D eigenvalue weighted by Gasteiger charge is 2.23. The van der Waals surface area contributed by atoms with Gasteiger partial charge in [0.25, 0.3) is 0 Å². The number of hydrogen-bond acceptors (Lipinski definition) is 4. The summed E-state index contributed by atoms with van der Waals surface area (Å²) in [6.45, 7) is 3.75. The van der Waals surface area contributed by atoms with Gasteiger partial charge in [-0.2, -0.15) is 0 Å². The van der Waals surface area contributed by atoms with Gasteiger partial charge in [-0.1, -0.05) is 0 Å². The minimum atomic E-state index is -0.185. The average molecular weight is 279 g/mol. The Bertz CT molecular complexity index is 462. The number of hydrogen-bond donors (Lipinski definition) is 1. The van der Waals surface area contributed by atoms with E-state index in [1.807, 2.05) is 12.1 Å². The molecule has 1 N–H and O–H groups in total. The Balaban J connectivity index is 1.67. The summed E-state index contributed by atoms with van der Waals surface area (Å²) in [5.74, 6) is -0.185. The minimum Gasteiger partial charge on any atom is -0.380 e. The Morgan fingerprint density at radius 2 is 2.05 bits per heavy atom. The van der Waals surface area contributed by atoms with Gasteiger partial charge in [-0.3, -0.25) is 0 Å². The van der Waals surface area contributed by atoms with Crippen molar-refractivity contribution in [2.24, 2.45) is 0 Å². The van der Waals surface area contributed by atoms with Gasteiger partial charge in [-0.05, 0) is 37.5 Å². The third-order valence-electron chi connectivity index (χ3n) is 4.18. The van der Waals surface area contributed by atoms with Crippen molar-refractivity contribution < 1.29 is 9.13 Å². The van der Waals surface area contributed by atoms with Crippen molar-refractivity contribution in [3.8, 4) is 0 Å². The van der Waals surface area contributed by atoms with Gasteiger partial charge >= 0.3 is 0 Å². The lowest BCUT2D eigenvalue weighted by Gasteiger charge is -2.21. The lowest BCUT2D eigenvalue weighted by atomic mass is 10.2. The van der Waals surface area contributed by atoms with Crippen LogP contribution in [0.2, 0.25) is 0 Å². The average Bonchev–Trinajstić information content (AvgIpc) is 3.12. The van der Waals surface area contributed by atoms with Crippen LogP contribution in [0.1, 0.15) is 19.3 Å². The SMILES string of the molecule is CO[C@@H]1CCN(c2ccc(NN3CCCC3)c(F)c2)C1. The van der Waals surface area contributed by atoms with Gasteiger partial charge in [-0.25, -0.2) is 9.40 Å². The number of benzene rings is 1. The van der Waals surface area contributed by atoms with E-state index in [1.165, 1.54) is 12.8 Å². The fraction of sp³-hybridized carbons (Fsp3) is 0.600. The van der Waals surface area contributed by atoms with E-state index in [4.69, 9.17) is 4.74 Å². The molecule has 4 nitrogen and oxygen atoms in total. The van der Waals surface area contributed by atoms with Crippen LogP contribution in [-0.4, -0.2) is 44.4 Å². The molecule has 0 saturated carbocycles. The summed E-state index contributed by atoms with van der Waals surface area (Å²) in [4.78, 5) is 2.18. The summed E-state index contributed by atoms with van der Waals surface area (Å²) in [6, 6.07) is 5.44. The molecule has 1 atom stereocenters. The fourth-order valence-corrected chi connectivity index (χ4v) is 2.95. The van der Waals surface area contributed by atoms with Crippen molar-refractivity contribution in [2.45, 2.75) is 25.4 Å². The zero-order valence-corrected chi connectivity index (χ0v) is 11.9. The Morgan fingerprint density at radius 3 is 2.70 bits per heavy atom. The third kappa shape index (κ3) is 2.88. The molecular weight excluding hydrogens is 257 g/mol. The smallest absolute Gasteiger partial charge is 0.149 e. The Kier molecular flexibility index (Phi) is 4.08. The largest absolute Gasteiger partial charge is 0.380 e. The summed E-state index contributed by atoms with van der Waals surface area (Å²) >= 11 is 0. The number of nitrogens with one attached hydrogen (secondary N) is 1. The minimum absolute atomic E-state index is 0.185. The number of nitrogens with zero attached hydrogens (tertiary/aromatic N) is 2. The maximum atomic E-state index is 14.2. The lowest BCUT2D eigenvalue weighted by molar-refractivity contribution is 0.121. The highest BCUT2D eigenvalue weighted by Crippen LogP contribution is 2.26. The monoisotopic (exact) mass is 279 g/mol. The second-order valence-corrected chi connectivity index (χ2v) is 5.56. The van der Waals surface area contributed by atoms with E-state index in [0.717, 1.165) is 38.3 Å². The number of halogens is 1. The van der Waals surface area contributed by atoms with Crippen molar-refractivity contribution in [3.63, 3.8) is 0 Å². The van der Waals surface area contributed by atoms with Gasteiger partial charge in [0, 0.05) is 39.0 Å². The Morgan fingerprint density at radius 1 is 1.25 bits per heavy atom. The number of ether oxygens (including phenoxy) is 1. The van der Waals surface area contributed by atoms with Gasteiger partial charge in [0.1, 0.15) is 5.82 Å². The van der Waals surface area contributed by atoms with Gasteiger partial charge in [0.15, 0.2) is 0 Å². The van der Waals surface area contributed by atoms with Crippen molar-refractivity contribution >= 4 is 11.4 Å². The normalized spacial score (nSPS) is 23.5. The van der Waals surface area contributed by atoms with Crippen LogP contribution in [0.5, 0.6) is 0 Å². The molecule has 0 unspecified atom stereocenters. The van der Waals surface area contributed by atoms with E-state index < -0.39 is 0 Å². The first kappa shape index (κ1) is 13.6. The van der Waals surface area contributed by atoms with Crippen molar-refractivity contribution in [1.82, 2.24) is 5.01 Å². The summed E-state index contributed by atoms with van der Waals surface area (Å²) in [6.07, 6.45) is 3.63. The van der Waals surface area contributed by atoms with Crippen LogP contribution in [0.25, 0.3) is 0 Å². The van der Waals surface area contributed by atoms with E-state index in [2.05, 4.69) is 15.3 Å². The maximum absolute atomic E-state index is 14.2. The van der Waals surface area contributed by atoms with E-state index in [9.17, 15) is 4.39 Å². The number of rotatable bonds is 4. The van der Waals surface area contributed by atoms with Gasteiger partial charge in [0.2, 0.25) is 0 Å². The predicted molar refractivity (Wildman–Crippen MR) is 78.5 cm³/mol. The van der Waals surface area contributed by atoms with E-state index in [0.29, 0.717) is 5.69 Å². The zero-order valence-electron chi connectivity index (χ0n) is 11.9. The van der Waals surface area contributed by atoms with Crippen LogP contribution in [0.4, 0.5) is 15.8 Å². The van der Waals surface area contributed by atoms with Crippen LogP contribution in [-0.2, 0) is 4.74 Å². The summed E-state index contributed by atoms with van der Waals surface area (Å²) in [5, 5.41) is 2.08. The van der Waals surface area contributed by atoms with E-state index in [-0.39, 0.29) is 11.9 Å². The van der Waals surface area contributed by atoms with Crippen molar-refractivity contribution in [1.29, 1.82) is 0 Å². The second-order valence-electron chi connectivity index (χ2n) is 5.56. The predicted octanol–water partition coefficient (Wildman–Crippen LogP) is 2.47. The van der Waals surface area contributed by atoms with E-state index in [1.54, 1.807) is 13.2 Å². The molecule has 2 saturated heterocycles. The highest BCUT2D eigenvalue weighted by molar-refractivity contribution is 5.56. The number of anilines is 2. The molecule has 2 aliphatic rings. The van der Waals surface area contributed by atoms with Gasteiger partial charge < -0.3 is 15.1 Å². The molecule has 2 aliphatic heterocycles. The fourth-order valence-electron chi connectivity index (χ4n) is 2.95. The standard InChI is InChI=1S/C15H22FN3O/c1-20-13-6-9-18(11-13)12-4-5-15(14(16)10-12)17-19-7-2-3-8-19/h4-5,10,13,17H,2-3,6-9,11H2,1H3/t13-/m1/s1.